The van der Waals surface area contributed by atoms with Gasteiger partial charge in [-0.2, -0.15) is 0 Å². The van der Waals surface area contributed by atoms with Gasteiger partial charge in [0.1, 0.15) is 11.6 Å². The highest BCUT2D eigenvalue weighted by atomic mass is 16.5. The van der Waals surface area contributed by atoms with E-state index in [2.05, 4.69) is 21.7 Å². The van der Waals surface area contributed by atoms with E-state index in [-0.39, 0.29) is 6.10 Å². The quantitative estimate of drug-likeness (QED) is 0.820. The van der Waals surface area contributed by atoms with Gasteiger partial charge in [0.25, 0.3) is 0 Å². The van der Waals surface area contributed by atoms with E-state index in [9.17, 15) is 0 Å². The zero-order valence-corrected chi connectivity index (χ0v) is 10.3. The first-order valence-corrected chi connectivity index (χ1v) is 6.53. The van der Waals surface area contributed by atoms with Gasteiger partial charge in [0.2, 0.25) is 0 Å². The van der Waals surface area contributed by atoms with Gasteiger partial charge in [0, 0.05) is 25.5 Å². The first kappa shape index (κ1) is 11.2. The maximum absolute atomic E-state index is 5.73. The first-order valence-electron chi connectivity index (χ1n) is 6.53. The summed E-state index contributed by atoms with van der Waals surface area (Å²) in [4.78, 5) is 0. The molecule has 3 unspecified atom stereocenters. The van der Waals surface area contributed by atoms with Crippen LogP contribution in [0.5, 0.6) is 0 Å². The second kappa shape index (κ2) is 4.38. The maximum atomic E-state index is 5.73. The van der Waals surface area contributed by atoms with E-state index in [1.54, 1.807) is 0 Å². The minimum absolute atomic E-state index is 0.274. The summed E-state index contributed by atoms with van der Waals surface area (Å²) < 4.78 is 7.92. The number of ether oxygens (including phenoxy) is 1. The molecule has 5 nitrogen and oxygen atoms in total. The lowest BCUT2D eigenvalue weighted by Gasteiger charge is -2.24. The second-order valence-corrected chi connectivity index (χ2v) is 5.19. The van der Waals surface area contributed by atoms with Crippen molar-refractivity contribution in [2.24, 2.45) is 11.7 Å². The Hall–Kier alpha value is -0.940. The van der Waals surface area contributed by atoms with Crippen LogP contribution in [-0.2, 0) is 17.7 Å². The van der Waals surface area contributed by atoms with E-state index in [0.717, 1.165) is 50.6 Å². The lowest BCUT2D eigenvalue weighted by molar-refractivity contribution is 0.116. The third-order valence-electron chi connectivity index (χ3n) is 4.13. The predicted octanol–water partition coefficient (Wildman–Crippen LogP) is 0.692. The summed E-state index contributed by atoms with van der Waals surface area (Å²) in [5.41, 5.74) is 5.73. The summed E-state index contributed by atoms with van der Waals surface area (Å²) >= 11 is 0. The molecule has 0 aliphatic carbocycles. The van der Waals surface area contributed by atoms with Crippen LogP contribution in [0.3, 0.4) is 0 Å². The van der Waals surface area contributed by atoms with Crippen molar-refractivity contribution < 1.29 is 4.74 Å². The summed E-state index contributed by atoms with van der Waals surface area (Å²) in [7, 11) is 0. The highest BCUT2D eigenvalue weighted by Crippen LogP contribution is 2.32. The molecule has 2 aliphatic heterocycles. The Morgan fingerprint density at radius 2 is 2.29 bits per heavy atom. The van der Waals surface area contributed by atoms with Crippen molar-refractivity contribution in [2.45, 2.75) is 44.8 Å². The molecular formula is C12H20N4O. The zero-order valence-electron chi connectivity index (χ0n) is 10.3. The molecule has 2 aliphatic rings. The van der Waals surface area contributed by atoms with E-state index in [1.165, 1.54) is 0 Å². The molecule has 0 amide bonds. The zero-order chi connectivity index (χ0) is 11.8. The standard InChI is InChI=1S/C12H20N4O/c1-8-10(3-5-17-8)12-15-14-11-6-9(7-13)2-4-16(11)12/h8-10H,2-7,13H2,1H3. The Labute approximate surface area is 101 Å². The van der Waals surface area contributed by atoms with Crippen molar-refractivity contribution in [2.75, 3.05) is 13.2 Å². The molecule has 0 aromatic carbocycles. The van der Waals surface area contributed by atoms with Crippen LogP contribution < -0.4 is 5.73 Å². The fourth-order valence-electron chi connectivity index (χ4n) is 2.96. The van der Waals surface area contributed by atoms with E-state index in [0.29, 0.717) is 11.8 Å². The SMILES string of the molecule is CC1OCCC1c1nnc2n1CCC(CN)C2. The summed E-state index contributed by atoms with van der Waals surface area (Å²) in [5.74, 6) is 3.24. The van der Waals surface area contributed by atoms with Crippen molar-refractivity contribution in [3.8, 4) is 0 Å². The number of fused-ring (bicyclic) bond motifs is 1. The number of aromatic nitrogens is 3. The normalized spacial score (nSPS) is 32.7. The third kappa shape index (κ3) is 1.87. The topological polar surface area (TPSA) is 66.0 Å². The monoisotopic (exact) mass is 236 g/mol. The second-order valence-electron chi connectivity index (χ2n) is 5.19. The van der Waals surface area contributed by atoms with Gasteiger partial charge in [-0.3, -0.25) is 0 Å². The molecule has 3 atom stereocenters. The minimum atomic E-state index is 0.274. The Bertz CT molecular complexity index is 403. The van der Waals surface area contributed by atoms with Crippen LogP contribution in [0.15, 0.2) is 0 Å². The molecule has 94 valence electrons. The van der Waals surface area contributed by atoms with E-state index in [1.807, 2.05) is 0 Å². The van der Waals surface area contributed by atoms with E-state index >= 15 is 0 Å². The molecule has 0 spiro atoms. The molecule has 0 radical (unpaired) electrons. The fourth-order valence-corrected chi connectivity index (χ4v) is 2.96. The number of nitrogens with zero attached hydrogens (tertiary/aromatic N) is 3. The highest BCUT2D eigenvalue weighted by molar-refractivity contribution is 5.08. The number of hydrogen-bond donors (Lipinski definition) is 1. The van der Waals surface area contributed by atoms with Gasteiger partial charge < -0.3 is 15.0 Å². The lowest BCUT2D eigenvalue weighted by Crippen LogP contribution is -2.27. The molecule has 17 heavy (non-hydrogen) atoms. The molecule has 0 saturated carbocycles. The molecule has 1 saturated heterocycles. The molecule has 2 N–H and O–H groups in total. The first-order chi connectivity index (χ1) is 8.29. The lowest BCUT2D eigenvalue weighted by atomic mass is 9.96. The van der Waals surface area contributed by atoms with Crippen molar-refractivity contribution in [3.05, 3.63) is 11.6 Å². The van der Waals surface area contributed by atoms with Gasteiger partial charge in [-0.05, 0) is 32.2 Å². The smallest absolute Gasteiger partial charge is 0.138 e. The van der Waals surface area contributed by atoms with Crippen molar-refractivity contribution in [3.63, 3.8) is 0 Å². The van der Waals surface area contributed by atoms with E-state index in [4.69, 9.17) is 10.5 Å². The van der Waals surface area contributed by atoms with Crippen LogP contribution in [0.2, 0.25) is 0 Å². The molecule has 1 aromatic heterocycles. The molecule has 5 heteroatoms. The molecule has 0 bridgehead atoms. The van der Waals surface area contributed by atoms with Crippen LogP contribution in [0.25, 0.3) is 0 Å². The fraction of sp³-hybridized carbons (Fsp3) is 0.833. The van der Waals surface area contributed by atoms with Crippen LogP contribution >= 0.6 is 0 Å². The Balaban J connectivity index is 1.86. The number of hydrogen-bond acceptors (Lipinski definition) is 4. The van der Waals surface area contributed by atoms with Crippen LogP contribution in [0.1, 0.15) is 37.3 Å². The van der Waals surface area contributed by atoms with Crippen LogP contribution in [0, 0.1) is 5.92 Å². The van der Waals surface area contributed by atoms with E-state index < -0.39 is 0 Å². The molecule has 1 aromatic rings. The highest BCUT2D eigenvalue weighted by Gasteiger charge is 2.32. The number of rotatable bonds is 2. The average molecular weight is 236 g/mol. The van der Waals surface area contributed by atoms with Crippen LogP contribution in [-0.4, -0.2) is 34.0 Å². The Morgan fingerprint density at radius 3 is 3.00 bits per heavy atom. The summed E-state index contributed by atoms with van der Waals surface area (Å²) in [6.07, 6.45) is 3.47. The maximum Gasteiger partial charge on any atom is 0.138 e. The van der Waals surface area contributed by atoms with Crippen LogP contribution in [0.4, 0.5) is 0 Å². The summed E-state index contributed by atoms with van der Waals surface area (Å²) in [6.45, 7) is 4.75. The van der Waals surface area contributed by atoms with Gasteiger partial charge >= 0.3 is 0 Å². The molecular weight excluding hydrogens is 216 g/mol. The van der Waals surface area contributed by atoms with Gasteiger partial charge in [-0.25, -0.2) is 0 Å². The third-order valence-corrected chi connectivity index (χ3v) is 4.13. The largest absolute Gasteiger partial charge is 0.378 e. The van der Waals surface area contributed by atoms with Gasteiger partial charge in [-0.1, -0.05) is 0 Å². The van der Waals surface area contributed by atoms with Crippen molar-refractivity contribution in [1.29, 1.82) is 0 Å². The van der Waals surface area contributed by atoms with Gasteiger partial charge in [0.05, 0.1) is 6.10 Å². The van der Waals surface area contributed by atoms with Gasteiger partial charge in [0.15, 0.2) is 0 Å². The van der Waals surface area contributed by atoms with Gasteiger partial charge in [-0.15, -0.1) is 10.2 Å². The number of nitrogens with two attached hydrogens (primary N) is 1. The van der Waals surface area contributed by atoms with Crippen molar-refractivity contribution >= 4 is 0 Å². The Morgan fingerprint density at radius 1 is 1.41 bits per heavy atom. The molecule has 1 fully saturated rings. The minimum Gasteiger partial charge on any atom is -0.378 e. The predicted molar refractivity (Wildman–Crippen MR) is 63.7 cm³/mol. The van der Waals surface area contributed by atoms with Crippen molar-refractivity contribution in [1.82, 2.24) is 14.8 Å². The average Bonchev–Trinajstić information content (AvgIpc) is 2.94. The summed E-state index contributed by atoms with van der Waals surface area (Å²) in [5, 5.41) is 8.73. The molecule has 3 heterocycles. The summed E-state index contributed by atoms with van der Waals surface area (Å²) in [6, 6.07) is 0. The molecule has 3 rings (SSSR count). The Kier molecular flexibility index (Phi) is 2.88.